The van der Waals surface area contributed by atoms with Crippen LogP contribution in [0.3, 0.4) is 0 Å². The van der Waals surface area contributed by atoms with E-state index in [4.69, 9.17) is 21.3 Å². The van der Waals surface area contributed by atoms with Gasteiger partial charge in [-0.25, -0.2) is 0 Å². The van der Waals surface area contributed by atoms with Gasteiger partial charge in [-0.2, -0.15) is 5.26 Å². The molecule has 1 aromatic heterocycles. The average molecular weight is 569 g/mol. The minimum atomic E-state index is -0.393. The summed E-state index contributed by atoms with van der Waals surface area (Å²) in [6.45, 7) is 6.40. The lowest BCUT2D eigenvalue weighted by Gasteiger charge is -2.20. The van der Waals surface area contributed by atoms with E-state index in [2.05, 4.69) is 60.1 Å². The quantitative estimate of drug-likeness (QED) is 0.202. The molecule has 1 unspecified atom stereocenters. The fourth-order valence-electron chi connectivity index (χ4n) is 4.41. The Labute approximate surface area is 245 Å². The van der Waals surface area contributed by atoms with Crippen molar-refractivity contribution in [1.29, 1.82) is 5.26 Å². The number of carbonyl (C=O) groups excluding carboxylic acids is 2. The predicted molar refractivity (Wildman–Crippen MR) is 160 cm³/mol. The lowest BCUT2D eigenvalue weighted by Crippen LogP contribution is -2.44. The molecule has 0 radical (unpaired) electrons. The molecule has 4 rings (SSSR count). The maximum Gasteiger partial charge on any atom is 0.253 e. The third-order valence-electron chi connectivity index (χ3n) is 6.81. The molecule has 4 aromatic rings. The van der Waals surface area contributed by atoms with Crippen molar-refractivity contribution in [3.63, 3.8) is 0 Å². The number of amides is 2. The smallest absolute Gasteiger partial charge is 0.253 e. The van der Waals surface area contributed by atoms with Gasteiger partial charge in [0.05, 0.1) is 34.8 Å². The second-order valence-electron chi connectivity index (χ2n) is 10.1. The highest BCUT2D eigenvalue weighted by molar-refractivity contribution is 6.34. The van der Waals surface area contributed by atoms with E-state index in [0.717, 1.165) is 16.9 Å². The highest BCUT2D eigenvalue weighted by Crippen LogP contribution is 2.27. The fourth-order valence-corrected chi connectivity index (χ4v) is 4.61. The van der Waals surface area contributed by atoms with Crippen LogP contribution in [0.25, 0.3) is 11.3 Å². The molecular weight excluding hydrogens is 536 g/mol. The molecular formula is C33H33ClN4O3. The standard InChI is InChI=1S/C33H33ClN4O3/c1-21-4-10-26(11-5-21)22(2)36-20-29-13-15-32(41-29)27-12-14-31(34)30(17-27)33(40)38-28(19-37-23(3)39)16-24-6-8-25(18-35)9-7-24/h4-15,17,22,28,36H,16,19-20H2,1-3H3,(H,37,39)(H,38,40)/t22?,28-/m1/s1. The van der Waals surface area contributed by atoms with Gasteiger partial charge in [0.2, 0.25) is 5.91 Å². The molecule has 0 aliphatic heterocycles. The fraction of sp³-hybridized carbons (Fsp3) is 0.242. The minimum Gasteiger partial charge on any atom is -0.460 e. The molecule has 3 aromatic carbocycles. The summed E-state index contributed by atoms with van der Waals surface area (Å²) in [4.78, 5) is 24.9. The molecule has 2 amide bonds. The zero-order valence-electron chi connectivity index (χ0n) is 23.3. The van der Waals surface area contributed by atoms with Crippen LogP contribution >= 0.6 is 11.6 Å². The molecule has 0 fully saturated rings. The van der Waals surface area contributed by atoms with Crippen LogP contribution in [0.5, 0.6) is 0 Å². The number of benzene rings is 3. The van der Waals surface area contributed by atoms with Crippen molar-refractivity contribution in [1.82, 2.24) is 16.0 Å². The first-order valence-corrected chi connectivity index (χ1v) is 13.8. The highest BCUT2D eigenvalue weighted by atomic mass is 35.5. The maximum atomic E-state index is 13.3. The van der Waals surface area contributed by atoms with Gasteiger partial charge in [-0.05, 0) is 73.9 Å². The number of rotatable bonds is 11. The first kappa shape index (κ1) is 29.6. The predicted octanol–water partition coefficient (Wildman–Crippen LogP) is 6.11. The van der Waals surface area contributed by atoms with Crippen molar-refractivity contribution in [3.8, 4) is 17.4 Å². The molecule has 7 nitrogen and oxygen atoms in total. The summed E-state index contributed by atoms with van der Waals surface area (Å²) in [7, 11) is 0. The van der Waals surface area contributed by atoms with Crippen LogP contribution in [-0.4, -0.2) is 24.4 Å². The summed E-state index contributed by atoms with van der Waals surface area (Å²) in [5.74, 6) is 0.849. The zero-order chi connectivity index (χ0) is 29.4. The molecule has 1 heterocycles. The number of halogens is 1. The summed E-state index contributed by atoms with van der Waals surface area (Å²) in [6.07, 6.45) is 0.463. The molecule has 0 spiro atoms. The number of aryl methyl sites for hydroxylation is 1. The van der Waals surface area contributed by atoms with Crippen molar-refractivity contribution in [2.24, 2.45) is 0 Å². The zero-order valence-corrected chi connectivity index (χ0v) is 24.1. The van der Waals surface area contributed by atoms with Crippen molar-refractivity contribution < 1.29 is 14.0 Å². The molecule has 0 bridgehead atoms. The summed E-state index contributed by atoms with van der Waals surface area (Å²) >= 11 is 6.44. The number of hydrogen-bond donors (Lipinski definition) is 3. The molecule has 0 saturated carbocycles. The van der Waals surface area contributed by atoms with Crippen LogP contribution in [-0.2, 0) is 17.8 Å². The van der Waals surface area contributed by atoms with Gasteiger partial charge in [0.25, 0.3) is 5.91 Å². The molecule has 0 aliphatic rings. The van der Waals surface area contributed by atoms with Gasteiger partial charge in [-0.1, -0.05) is 53.6 Å². The van der Waals surface area contributed by atoms with E-state index in [-0.39, 0.29) is 24.4 Å². The van der Waals surface area contributed by atoms with Gasteiger partial charge in [-0.3, -0.25) is 9.59 Å². The Kier molecular flexibility index (Phi) is 9.96. The molecule has 210 valence electrons. The molecule has 41 heavy (non-hydrogen) atoms. The summed E-state index contributed by atoms with van der Waals surface area (Å²) in [5.41, 5.74) is 4.93. The van der Waals surface area contributed by atoms with Gasteiger partial charge in [-0.15, -0.1) is 0 Å². The Hall–Kier alpha value is -4.38. The number of nitrogens with one attached hydrogen (secondary N) is 3. The van der Waals surface area contributed by atoms with Crippen molar-refractivity contribution >= 4 is 23.4 Å². The number of nitriles is 1. The second-order valence-corrected chi connectivity index (χ2v) is 10.5. The monoisotopic (exact) mass is 568 g/mol. The van der Waals surface area contributed by atoms with Crippen LogP contribution < -0.4 is 16.0 Å². The Bertz CT molecular complexity index is 1540. The Morgan fingerprint density at radius 2 is 1.73 bits per heavy atom. The normalized spacial score (nSPS) is 12.3. The lowest BCUT2D eigenvalue weighted by atomic mass is 10.0. The minimum absolute atomic E-state index is 0.157. The Balaban J connectivity index is 1.44. The van der Waals surface area contributed by atoms with Gasteiger partial charge in [0.15, 0.2) is 0 Å². The Morgan fingerprint density at radius 3 is 2.41 bits per heavy atom. The van der Waals surface area contributed by atoms with Gasteiger partial charge in [0, 0.05) is 25.1 Å². The van der Waals surface area contributed by atoms with E-state index < -0.39 is 6.04 Å². The van der Waals surface area contributed by atoms with E-state index in [0.29, 0.717) is 34.9 Å². The number of carbonyl (C=O) groups is 2. The van der Waals surface area contributed by atoms with E-state index in [1.807, 2.05) is 30.3 Å². The Morgan fingerprint density at radius 1 is 1.00 bits per heavy atom. The molecule has 0 aliphatic carbocycles. The van der Waals surface area contributed by atoms with E-state index in [9.17, 15) is 9.59 Å². The summed E-state index contributed by atoms with van der Waals surface area (Å²) in [5, 5.41) is 18.6. The number of furan rings is 1. The lowest BCUT2D eigenvalue weighted by molar-refractivity contribution is -0.119. The summed E-state index contributed by atoms with van der Waals surface area (Å²) in [6, 6.07) is 26.4. The second kappa shape index (κ2) is 13.8. The van der Waals surface area contributed by atoms with Crippen LogP contribution in [0.15, 0.2) is 83.3 Å². The first-order chi connectivity index (χ1) is 19.7. The van der Waals surface area contributed by atoms with Crippen LogP contribution in [0.1, 0.15) is 58.3 Å². The maximum absolute atomic E-state index is 13.3. The van der Waals surface area contributed by atoms with Crippen molar-refractivity contribution in [2.45, 2.75) is 45.8 Å². The SMILES string of the molecule is CC(=O)NC[C@@H](Cc1ccc(C#N)cc1)NC(=O)c1cc(-c2ccc(CNC(C)c3ccc(C)cc3)o2)ccc1Cl. The van der Waals surface area contributed by atoms with E-state index >= 15 is 0 Å². The van der Waals surface area contributed by atoms with Crippen LogP contribution in [0, 0.1) is 18.3 Å². The molecule has 3 N–H and O–H groups in total. The first-order valence-electron chi connectivity index (χ1n) is 13.4. The number of nitrogens with zero attached hydrogens (tertiary/aromatic N) is 1. The third-order valence-corrected chi connectivity index (χ3v) is 7.14. The average Bonchev–Trinajstić information content (AvgIpc) is 3.44. The largest absolute Gasteiger partial charge is 0.460 e. The third kappa shape index (κ3) is 8.31. The van der Waals surface area contributed by atoms with E-state index in [1.165, 1.54) is 18.1 Å². The van der Waals surface area contributed by atoms with Crippen LogP contribution in [0.2, 0.25) is 5.02 Å². The molecule has 2 atom stereocenters. The van der Waals surface area contributed by atoms with Crippen molar-refractivity contribution in [3.05, 3.63) is 117 Å². The van der Waals surface area contributed by atoms with Crippen LogP contribution in [0.4, 0.5) is 0 Å². The number of hydrogen-bond acceptors (Lipinski definition) is 5. The van der Waals surface area contributed by atoms with Gasteiger partial charge in [0.1, 0.15) is 11.5 Å². The summed E-state index contributed by atoms with van der Waals surface area (Å²) < 4.78 is 6.09. The highest BCUT2D eigenvalue weighted by Gasteiger charge is 2.19. The molecule has 8 heteroatoms. The van der Waals surface area contributed by atoms with Gasteiger partial charge >= 0.3 is 0 Å². The topological polar surface area (TPSA) is 107 Å². The van der Waals surface area contributed by atoms with Crippen molar-refractivity contribution in [2.75, 3.05) is 6.54 Å². The van der Waals surface area contributed by atoms with Gasteiger partial charge < -0.3 is 20.4 Å². The van der Waals surface area contributed by atoms with E-state index in [1.54, 1.807) is 24.3 Å². The molecule has 0 saturated heterocycles.